The van der Waals surface area contributed by atoms with E-state index in [0.29, 0.717) is 17.9 Å². The van der Waals surface area contributed by atoms with Crippen LogP contribution in [0.25, 0.3) is 0 Å². The lowest BCUT2D eigenvalue weighted by Crippen LogP contribution is -2.45. The van der Waals surface area contributed by atoms with Crippen LogP contribution in [-0.2, 0) is 14.8 Å². The van der Waals surface area contributed by atoms with E-state index in [1.165, 1.54) is 4.31 Å². The molecule has 3 rings (SSSR count). The molecule has 0 aromatic heterocycles. The number of aryl methyl sites for hydroxylation is 2. The van der Waals surface area contributed by atoms with Crippen LogP contribution in [0.3, 0.4) is 0 Å². The summed E-state index contributed by atoms with van der Waals surface area (Å²) in [7, 11) is -3.60. The van der Waals surface area contributed by atoms with Gasteiger partial charge in [-0.2, -0.15) is 4.31 Å². The molecule has 1 fully saturated rings. The van der Waals surface area contributed by atoms with E-state index in [1.807, 2.05) is 38.1 Å². The first-order valence-corrected chi connectivity index (χ1v) is 10.8. The van der Waals surface area contributed by atoms with Crippen LogP contribution < -0.4 is 5.32 Å². The van der Waals surface area contributed by atoms with Crippen molar-refractivity contribution in [2.24, 2.45) is 0 Å². The first-order chi connectivity index (χ1) is 12.9. The van der Waals surface area contributed by atoms with Gasteiger partial charge >= 0.3 is 0 Å². The second-order valence-electron chi connectivity index (χ2n) is 7.20. The number of hydrogen-bond acceptors (Lipinski definition) is 3. The van der Waals surface area contributed by atoms with Crippen molar-refractivity contribution in [1.29, 1.82) is 0 Å². The lowest BCUT2D eigenvalue weighted by atomic mass is 10.0. The lowest BCUT2D eigenvalue weighted by Gasteiger charge is -2.34. The normalized spacial score (nSPS) is 18.2. The Balaban J connectivity index is 1.75. The number of piperidine rings is 1. The van der Waals surface area contributed by atoms with Crippen LogP contribution in [-0.4, -0.2) is 31.2 Å². The Morgan fingerprint density at radius 3 is 2.52 bits per heavy atom. The third-order valence-corrected chi connectivity index (χ3v) is 6.89. The summed E-state index contributed by atoms with van der Waals surface area (Å²) < 4.78 is 27.7. The molecule has 1 aliphatic rings. The number of nitrogens with one attached hydrogen (secondary N) is 1. The first-order valence-electron chi connectivity index (χ1n) is 9.31. The summed E-state index contributed by atoms with van der Waals surface area (Å²) in [6, 6.07) is 14.2. The van der Waals surface area contributed by atoms with Crippen molar-refractivity contribution in [2.75, 3.05) is 11.9 Å². The monoisotopic (exact) mass is 386 g/mol. The average Bonchev–Trinajstić information content (AvgIpc) is 2.62. The van der Waals surface area contributed by atoms with Gasteiger partial charge in [-0.25, -0.2) is 8.42 Å². The van der Waals surface area contributed by atoms with Crippen LogP contribution >= 0.6 is 0 Å². The van der Waals surface area contributed by atoms with Crippen molar-refractivity contribution in [3.8, 4) is 0 Å². The summed E-state index contributed by atoms with van der Waals surface area (Å²) in [4.78, 5) is 12.8. The van der Waals surface area contributed by atoms with Gasteiger partial charge in [0.1, 0.15) is 0 Å². The van der Waals surface area contributed by atoms with E-state index in [4.69, 9.17) is 0 Å². The van der Waals surface area contributed by atoms with Gasteiger partial charge in [0.25, 0.3) is 0 Å². The Labute approximate surface area is 161 Å². The lowest BCUT2D eigenvalue weighted by molar-refractivity contribution is -0.117. The minimum absolute atomic E-state index is 0.156. The van der Waals surface area contributed by atoms with Crippen molar-refractivity contribution in [3.63, 3.8) is 0 Å². The van der Waals surface area contributed by atoms with Gasteiger partial charge in [-0.05, 0) is 56.5 Å². The summed E-state index contributed by atoms with van der Waals surface area (Å²) in [5, 5.41) is 2.89. The van der Waals surface area contributed by atoms with Crippen LogP contribution in [0.5, 0.6) is 0 Å². The molecule has 6 heteroatoms. The number of carbonyl (C=O) groups excluding carboxylic acids is 1. The van der Waals surface area contributed by atoms with E-state index in [-0.39, 0.29) is 18.4 Å². The van der Waals surface area contributed by atoms with Gasteiger partial charge in [0, 0.05) is 24.7 Å². The van der Waals surface area contributed by atoms with Gasteiger partial charge in [-0.15, -0.1) is 0 Å². The predicted molar refractivity (Wildman–Crippen MR) is 107 cm³/mol. The molecule has 144 valence electrons. The van der Waals surface area contributed by atoms with E-state index < -0.39 is 10.0 Å². The van der Waals surface area contributed by atoms with Crippen LogP contribution in [0.1, 0.15) is 36.8 Å². The molecule has 5 nitrogen and oxygen atoms in total. The Hall–Kier alpha value is -2.18. The zero-order chi connectivity index (χ0) is 19.4. The molecular formula is C21H26N2O3S. The molecule has 0 saturated carbocycles. The highest BCUT2D eigenvalue weighted by atomic mass is 32.2. The van der Waals surface area contributed by atoms with Crippen molar-refractivity contribution < 1.29 is 13.2 Å². The standard InChI is InChI=1S/C21H26N2O3S/c1-16-9-11-20(12-10-16)27(25,26)23-13-4-3-8-19(23)15-21(24)22-18-7-5-6-17(2)14-18/h5-7,9-12,14,19H,3-4,8,13,15H2,1-2H3,(H,22,24)/t19-/m1/s1. The van der Waals surface area contributed by atoms with Gasteiger partial charge in [0.05, 0.1) is 4.90 Å². The molecule has 2 aromatic rings. The number of hydrogen-bond donors (Lipinski definition) is 1. The van der Waals surface area contributed by atoms with Crippen molar-refractivity contribution >= 4 is 21.6 Å². The van der Waals surface area contributed by atoms with Gasteiger partial charge in [0.2, 0.25) is 15.9 Å². The SMILES string of the molecule is Cc1ccc(S(=O)(=O)N2CCCC[C@@H]2CC(=O)Nc2cccc(C)c2)cc1. The van der Waals surface area contributed by atoms with E-state index in [2.05, 4.69) is 5.32 Å². The first kappa shape index (κ1) is 19.6. The minimum Gasteiger partial charge on any atom is -0.326 e. The van der Waals surface area contributed by atoms with Crippen LogP contribution in [0.4, 0.5) is 5.69 Å². The zero-order valence-electron chi connectivity index (χ0n) is 15.8. The topological polar surface area (TPSA) is 66.5 Å². The summed E-state index contributed by atoms with van der Waals surface area (Å²) >= 11 is 0. The summed E-state index contributed by atoms with van der Waals surface area (Å²) in [5.74, 6) is -0.156. The highest BCUT2D eigenvalue weighted by Crippen LogP contribution is 2.27. The maximum absolute atomic E-state index is 13.1. The van der Waals surface area contributed by atoms with Gasteiger partial charge in [0.15, 0.2) is 0 Å². The number of benzene rings is 2. The molecular weight excluding hydrogens is 360 g/mol. The second kappa shape index (κ2) is 8.23. The fraction of sp³-hybridized carbons (Fsp3) is 0.381. The third-order valence-electron chi connectivity index (χ3n) is 4.92. The molecule has 1 aliphatic heterocycles. The summed E-state index contributed by atoms with van der Waals surface area (Å²) in [6.45, 7) is 4.35. The van der Waals surface area contributed by atoms with Crippen molar-refractivity contribution in [3.05, 3.63) is 59.7 Å². The molecule has 1 heterocycles. The van der Waals surface area contributed by atoms with Gasteiger partial charge < -0.3 is 5.32 Å². The number of carbonyl (C=O) groups is 1. The summed E-state index contributed by atoms with van der Waals surface area (Å²) in [5.41, 5.74) is 2.82. The predicted octanol–water partition coefficient (Wildman–Crippen LogP) is 3.88. The third kappa shape index (κ3) is 4.76. The molecule has 0 spiro atoms. The molecule has 1 N–H and O–H groups in total. The smallest absolute Gasteiger partial charge is 0.243 e. The van der Waals surface area contributed by atoms with Crippen molar-refractivity contribution in [2.45, 2.75) is 50.5 Å². The number of rotatable bonds is 5. The number of amides is 1. The van der Waals surface area contributed by atoms with E-state index in [1.54, 1.807) is 24.3 Å². The van der Waals surface area contributed by atoms with Gasteiger partial charge in [-0.3, -0.25) is 4.79 Å². The second-order valence-corrected chi connectivity index (χ2v) is 9.09. The maximum Gasteiger partial charge on any atom is 0.243 e. The van der Waals surface area contributed by atoms with Crippen LogP contribution in [0.2, 0.25) is 0 Å². The largest absolute Gasteiger partial charge is 0.326 e. The molecule has 1 saturated heterocycles. The van der Waals surface area contributed by atoms with Crippen LogP contribution in [0, 0.1) is 13.8 Å². The van der Waals surface area contributed by atoms with E-state index >= 15 is 0 Å². The van der Waals surface area contributed by atoms with Crippen molar-refractivity contribution in [1.82, 2.24) is 4.31 Å². The Morgan fingerprint density at radius 1 is 1.07 bits per heavy atom. The Kier molecular flexibility index (Phi) is 5.97. The Morgan fingerprint density at radius 2 is 1.81 bits per heavy atom. The molecule has 1 amide bonds. The molecule has 2 aromatic carbocycles. The fourth-order valence-corrected chi connectivity index (χ4v) is 5.18. The molecule has 0 aliphatic carbocycles. The molecule has 0 bridgehead atoms. The fourth-order valence-electron chi connectivity index (χ4n) is 3.49. The average molecular weight is 387 g/mol. The van der Waals surface area contributed by atoms with E-state index in [9.17, 15) is 13.2 Å². The molecule has 1 atom stereocenters. The van der Waals surface area contributed by atoms with Gasteiger partial charge in [-0.1, -0.05) is 36.2 Å². The highest BCUT2D eigenvalue weighted by Gasteiger charge is 2.34. The number of sulfonamides is 1. The quantitative estimate of drug-likeness (QED) is 0.848. The maximum atomic E-state index is 13.1. The number of nitrogens with zero attached hydrogens (tertiary/aromatic N) is 1. The van der Waals surface area contributed by atoms with Crippen LogP contribution in [0.15, 0.2) is 53.4 Å². The zero-order valence-corrected chi connectivity index (χ0v) is 16.6. The molecule has 0 radical (unpaired) electrons. The highest BCUT2D eigenvalue weighted by molar-refractivity contribution is 7.89. The minimum atomic E-state index is -3.60. The summed E-state index contributed by atoms with van der Waals surface area (Å²) in [6.07, 6.45) is 2.62. The molecule has 0 unspecified atom stereocenters. The Bertz CT molecular complexity index is 907. The molecule has 27 heavy (non-hydrogen) atoms. The number of anilines is 1. The van der Waals surface area contributed by atoms with E-state index in [0.717, 1.165) is 29.7 Å².